The molecule has 2 aliphatic carbocycles. The maximum atomic E-state index is 5.51. The summed E-state index contributed by atoms with van der Waals surface area (Å²) in [6.45, 7) is 17.7. The highest BCUT2D eigenvalue weighted by atomic mass is 15.1. The summed E-state index contributed by atoms with van der Waals surface area (Å²) in [5.74, 6) is 30.8. The zero-order valence-corrected chi connectivity index (χ0v) is 46.3. The molecule has 0 saturated heterocycles. The number of hydrogen-bond donors (Lipinski definition) is 0. The van der Waals surface area contributed by atoms with Crippen LogP contribution >= 0.6 is 0 Å². The van der Waals surface area contributed by atoms with E-state index in [9.17, 15) is 0 Å². The molecular weight excluding hydrogens is 903 g/mol. The molecule has 410 valence electrons. The lowest BCUT2D eigenvalue weighted by Crippen LogP contribution is -2.25. The van der Waals surface area contributed by atoms with Crippen molar-refractivity contribution in [2.24, 2.45) is 0 Å². The van der Waals surface area contributed by atoms with E-state index in [-0.39, 0.29) is 22.8 Å². The second-order valence-corrected chi connectivity index (χ2v) is 21.1. The number of unbranched alkanes of at least 4 members (excludes halogenated alkanes) is 10. The Morgan fingerprint density at radius 2 is 0.773 bits per heavy atom. The lowest BCUT2D eigenvalue weighted by Gasteiger charge is -2.29. The van der Waals surface area contributed by atoms with Crippen molar-refractivity contribution in [1.29, 1.82) is 0 Å². The molecule has 0 spiro atoms. The predicted octanol–water partition coefficient (Wildman–Crippen LogP) is 22.8. The fourth-order valence-corrected chi connectivity index (χ4v) is 11.2. The molecule has 0 aromatic heterocycles. The van der Waals surface area contributed by atoms with Gasteiger partial charge in [-0.05, 0) is 199 Å². The molecule has 75 heavy (non-hydrogen) atoms. The highest BCUT2D eigenvalue weighted by Crippen LogP contribution is 2.59. The zero-order valence-electron chi connectivity index (χ0n) is 46.3. The van der Waals surface area contributed by atoms with E-state index in [1.165, 1.54) is 160 Å². The van der Waals surface area contributed by atoms with Gasteiger partial charge in [0.25, 0.3) is 0 Å². The number of benzene rings is 6. The van der Waals surface area contributed by atoms with Crippen molar-refractivity contribution in [3.8, 4) is 94.3 Å². The van der Waals surface area contributed by atoms with Crippen LogP contribution in [0, 0.1) is 99.7 Å². The van der Waals surface area contributed by atoms with Crippen molar-refractivity contribution in [3.63, 3.8) is 0 Å². The maximum Gasteiger partial charge on any atom is 0.0834 e. The van der Waals surface area contributed by atoms with Crippen molar-refractivity contribution in [2.45, 2.75) is 168 Å². The monoisotopic (exact) mass is 1010 g/mol. The number of terminal acetylenes is 2. The molecule has 1 heteroatoms. The van der Waals surface area contributed by atoms with Gasteiger partial charge in [-0.15, -0.1) is 12.8 Å². The molecule has 0 bridgehead atoms. The Labute approximate surface area is 477 Å². The van der Waals surface area contributed by atoms with Crippen LogP contribution in [-0.2, 0) is 10.8 Å². The number of hydrogen-bond acceptors (Lipinski definition) is 1. The van der Waals surface area contributed by atoms with Gasteiger partial charge >= 0.3 is 0 Å². The number of anilines is 3. The molecule has 0 amide bonds. The topological polar surface area (TPSA) is 3.24 Å². The average Bonchev–Trinajstić information content (AvgIpc) is 1.54. The highest BCUT2D eigenvalue weighted by Gasteiger charge is 2.47. The van der Waals surface area contributed by atoms with E-state index in [0.29, 0.717) is 5.92 Å². The standard InChI is InChI=1S/C50H50.C24H27N.16H2/c1-7-11-15-19-21-25-33-49(31-23-17-13-9-3)45-35-39(5)27-29-41(45)43-38-48-44(37-47(43)49)42-30-28-40(6)36-46(42)50(48,32-24-18-14-10-4)34-26-22-20-16-12-8-2;1-5-20(4)21-10-16-24(17-11-21)25(22-12-6-18(2)7-13-22)23-14-8-19(3)9-15-23;;;;;;;;;;;;;;;;/h3-4,27-30,35-38H,7-8,11-12,15-16,19-22,25-26,33-34H2,1-2,5-6H3;6-17,20H,5H2,1-4H3;16*1H. The van der Waals surface area contributed by atoms with Crippen molar-refractivity contribution < 1.29 is 22.8 Å². The Morgan fingerprint density at radius 3 is 1.16 bits per heavy atom. The Morgan fingerprint density at radius 1 is 0.413 bits per heavy atom. The van der Waals surface area contributed by atoms with E-state index >= 15 is 0 Å². The van der Waals surface area contributed by atoms with E-state index in [0.717, 1.165) is 25.7 Å². The van der Waals surface area contributed by atoms with Crippen molar-refractivity contribution in [2.75, 3.05) is 4.90 Å². The predicted molar refractivity (Wildman–Crippen MR) is 356 cm³/mol. The Bertz CT molecular complexity index is 3130. The Hall–Kier alpha value is -7.52. The van der Waals surface area contributed by atoms with Crippen LogP contribution in [-0.4, -0.2) is 0 Å². The van der Waals surface area contributed by atoms with E-state index in [4.69, 9.17) is 12.8 Å². The molecular formula is C74H109N. The van der Waals surface area contributed by atoms with Crippen LogP contribution in [0.3, 0.4) is 0 Å². The van der Waals surface area contributed by atoms with Gasteiger partial charge in [0.05, 0.1) is 10.8 Å². The Kier molecular flexibility index (Phi) is 19.6. The van der Waals surface area contributed by atoms with Gasteiger partial charge in [-0.25, -0.2) is 0 Å². The van der Waals surface area contributed by atoms with Gasteiger partial charge in [-0.3, -0.25) is 0 Å². The summed E-state index contributed by atoms with van der Waals surface area (Å²) < 4.78 is 0. The molecule has 0 saturated carbocycles. The SMILES string of the molecule is C#CC#CC#CC1(CCCCCCCC)c2cc(C)ccc2-c2cc3c(cc21)-c1ccc(C)cc1C3(C#CC#CC#C)CCCCCCCC.CCC(C)c1ccc(N(c2ccc(C)cc2)c2ccc(C)cc2)cc1.[HH].[HH].[HH].[HH].[HH].[HH].[HH].[HH].[HH].[HH].[HH].[HH].[HH].[HH].[HH].[HH]. The van der Waals surface area contributed by atoms with Crippen LogP contribution in [0.2, 0.25) is 0 Å². The maximum absolute atomic E-state index is 5.51. The number of nitrogens with zero attached hydrogens (tertiary/aromatic N) is 1. The van der Waals surface area contributed by atoms with Gasteiger partial charge in [0.2, 0.25) is 0 Å². The molecule has 0 radical (unpaired) electrons. The summed E-state index contributed by atoms with van der Waals surface area (Å²) in [7, 11) is 0. The first-order valence-corrected chi connectivity index (χ1v) is 27.9. The van der Waals surface area contributed by atoms with Crippen LogP contribution in [0.25, 0.3) is 22.3 Å². The highest BCUT2D eigenvalue weighted by molar-refractivity contribution is 5.92. The molecule has 2 aliphatic rings. The van der Waals surface area contributed by atoms with Crippen LogP contribution in [0.5, 0.6) is 0 Å². The fourth-order valence-electron chi connectivity index (χ4n) is 11.2. The lowest BCUT2D eigenvalue weighted by atomic mass is 9.72. The van der Waals surface area contributed by atoms with Gasteiger partial charge in [0.1, 0.15) is 0 Å². The molecule has 0 N–H and O–H groups in total. The minimum absolute atomic E-state index is 0. The van der Waals surface area contributed by atoms with Gasteiger partial charge < -0.3 is 4.90 Å². The smallest absolute Gasteiger partial charge is 0.0834 e. The summed E-state index contributed by atoms with van der Waals surface area (Å²) in [5, 5.41) is 0. The third kappa shape index (κ3) is 12.9. The molecule has 6 aromatic rings. The third-order valence-corrected chi connectivity index (χ3v) is 15.6. The van der Waals surface area contributed by atoms with E-state index < -0.39 is 10.8 Å². The molecule has 3 atom stereocenters. The first-order valence-electron chi connectivity index (χ1n) is 27.9. The molecule has 1 nitrogen and oxygen atoms in total. The summed E-state index contributed by atoms with van der Waals surface area (Å²) in [5.41, 5.74) is 19.2. The third-order valence-electron chi connectivity index (χ3n) is 15.6. The molecule has 0 fully saturated rings. The van der Waals surface area contributed by atoms with Crippen LogP contribution in [0.1, 0.15) is 203 Å². The normalized spacial score (nSPS) is 15.3. The van der Waals surface area contributed by atoms with E-state index in [1.807, 2.05) is 0 Å². The van der Waals surface area contributed by atoms with Crippen molar-refractivity contribution in [3.05, 3.63) is 171 Å². The first kappa shape index (κ1) is 55.2. The second-order valence-electron chi connectivity index (χ2n) is 21.1. The van der Waals surface area contributed by atoms with Crippen LogP contribution in [0.15, 0.2) is 121 Å². The lowest BCUT2D eigenvalue weighted by molar-refractivity contribution is 0.525. The Balaban J connectivity index is -0.000000175. The number of aryl methyl sites for hydroxylation is 4. The van der Waals surface area contributed by atoms with Crippen molar-refractivity contribution >= 4 is 17.1 Å². The summed E-state index contributed by atoms with van der Waals surface area (Å²) >= 11 is 0. The molecule has 0 aliphatic heterocycles. The summed E-state index contributed by atoms with van der Waals surface area (Å²) in [6, 6.07) is 45.2. The number of fused-ring (bicyclic) bond motifs is 6. The summed E-state index contributed by atoms with van der Waals surface area (Å²) in [6.07, 6.45) is 28.8. The van der Waals surface area contributed by atoms with E-state index in [2.05, 4.69) is 241 Å². The van der Waals surface area contributed by atoms with Crippen molar-refractivity contribution in [1.82, 2.24) is 0 Å². The molecule has 3 unspecified atom stereocenters. The quantitative estimate of drug-likeness (QED) is 0.0577. The van der Waals surface area contributed by atoms with Crippen LogP contribution < -0.4 is 4.90 Å². The second kappa shape index (κ2) is 26.6. The first-order chi connectivity index (χ1) is 36.5. The van der Waals surface area contributed by atoms with Gasteiger partial charge in [-0.1, -0.05) is 212 Å². The van der Waals surface area contributed by atoms with Gasteiger partial charge in [0, 0.05) is 39.9 Å². The number of rotatable bonds is 19. The largest absolute Gasteiger partial charge is 0.311 e. The van der Waals surface area contributed by atoms with Gasteiger partial charge in [0.15, 0.2) is 0 Å². The van der Waals surface area contributed by atoms with E-state index in [1.54, 1.807) is 0 Å². The zero-order chi connectivity index (χ0) is 53.2. The molecule has 0 heterocycles. The minimum Gasteiger partial charge on any atom is -0.311 e. The molecule has 8 rings (SSSR count). The fraction of sp³-hybridized carbons (Fsp3) is 0.351. The van der Waals surface area contributed by atoms with Gasteiger partial charge in [-0.2, -0.15) is 0 Å². The average molecular weight is 1010 g/mol. The minimum atomic E-state index is -0.473. The molecule has 6 aromatic carbocycles. The summed E-state index contributed by atoms with van der Waals surface area (Å²) in [4.78, 5) is 2.32. The van der Waals surface area contributed by atoms with Crippen LogP contribution in [0.4, 0.5) is 17.1 Å².